The topological polar surface area (TPSA) is 67.2 Å². The fraction of sp³-hybridized carbons (Fsp3) is 0.632. The number of hydrogen-bond donors (Lipinski definition) is 1. The van der Waals surface area contributed by atoms with Crippen molar-refractivity contribution >= 4 is 17.6 Å². The van der Waals surface area contributed by atoms with E-state index >= 15 is 0 Å². The second-order valence-electron chi connectivity index (χ2n) is 6.97. The monoisotopic (exact) mass is 344 g/mol. The Balaban J connectivity index is 1.39. The average molecular weight is 344 g/mol. The van der Waals surface area contributed by atoms with Gasteiger partial charge in [-0.1, -0.05) is 11.6 Å². The third-order valence-corrected chi connectivity index (χ3v) is 4.93. The first-order valence-corrected chi connectivity index (χ1v) is 9.43. The largest absolute Gasteiger partial charge is 0.356 e. The van der Waals surface area contributed by atoms with Crippen LogP contribution in [0.3, 0.4) is 0 Å². The Hall–Kier alpha value is -2.11. The van der Waals surface area contributed by atoms with Crippen LogP contribution in [-0.2, 0) is 16.1 Å². The van der Waals surface area contributed by atoms with Crippen LogP contribution in [0.4, 0.5) is 5.82 Å². The molecule has 6 heteroatoms. The highest BCUT2D eigenvalue weighted by molar-refractivity contribution is 5.93. The number of carbonyl (C=O) groups is 2. The molecule has 1 aromatic heterocycles. The van der Waals surface area contributed by atoms with Crippen molar-refractivity contribution in [2.45, 2.75) is 64.8 Å². The maximum atomic E-state index is 12.2. The van der Waals surface area contributed by atoms with Crippen LogP contribution >= 0.6 is 0 Å². The Labute approximate surface area is 149 Å². The lowest BCUT2D eigenvalue weighted by Crippen LogP contribution is -2.38. The third kappa shape index (κ3) is 4.71. The van der Waals surface area contributed by atoms with E-state index in [1.807, 2.05) is 17.7 Å². The molecule has 1 aromatic rings. The summed E-state index contributed by atoms with van der Waals surface area (Å²) < 4.78 is 1.88. The highest BCUT2D eigenvalue weighted by atomic mass is 16.2. The number of anilines is 1. The predicted molar refractivity (Wildman–Crippen MR) is 97.3 cm³/mol. The molecule has 1 aliphatic heterocycles. The van der Waals surface area contributed by atoms with Gasteiger partial charge in [-0.3, -0.25) is 14.5 Å². The van der Waals surface area contributed by atoms with E-state index in [1.165, 1.54) is 31.3 Å². The van der Waals surface area contributed by atoms with Crippen LogP contribution in [0.1, 0.15) is 57.1 Å². The van der Waals surface area contributed by atoms with E-state index in [-0.39, 0.29) is 11.8 Å². The third-order valence-electron chi connectivity index (χ3n) is 4.93. The zero-order valence-electron chi connectivity index (χ0n) is 15.1. The van der Waals surface area contributed by atoms with Gasteiger partial charge < -0.3 is 5.32 Å². The van der Waals surface area contributed by atoms with Crippen molar-refractivity contribution in [3.05, 3.63) is 23.4 Å². The number of hydrogen-bond acceptors (Lipinski definition) is 3. The Morgan fingerprint density at radius 3 is 3.00 bits per heavy atom. The minimum absolute atomic E-state index is 0.0746. The van der Waals surface area contributed by atoms with E-state index in [9.17, 15) is 9.59 Å². The first kappa shape index (κ1) is 17.7. The van der Waals surface area contributed by atoms with Gasteiger partial charge in [0.15, 0.2) is 0 Å². The van der Waals surface area contributed by atoms with Gasteiger partial charge in [0, 0.05) is 32.0 Å². The fourth-order valence-corrected chi connectivity index (χ4v) is 3.60. The number of nitrogens with zero attached hydrogens (tertiary/aromatic N) is 3. The molecule has 3 rings (SSSR count). The summed E-state index contributed by atoms with van der Waals surface area (Å²) in [6.45, 7) is 3.87. The molecule has 0 radical (unpaired) electrons. The number of aromatic nitrogens is 2. The summed E-state index contributed by atoms with van der Waals surface area (Å²) in [4.78, 5) is 25.9. The molecule has 1 aliphatic carbocycles. The van der Waals surface area contributed by atoms with E-state index in [4.69, 9.17) is 0 Å². The lowest BCUT2D eigenvalue weighted by atomic mass is 9.97. The van der Waals surface area contributed by atoms with Crippen molar-refractivity contribution in [3.8, 4) is 0 Å². The van der Waals surface area contributed by atoms with Gasteiger partial charge in [0.2, 0.25) is 11.8 Å². The quantitative estimate of drug-likeness (QED) is 0.773. The first-order valence-electron chi connectivity index (χ1n) is 9.43. The summed E-state index contributed by atoms with van der Waals surface area (Å²) in [6, 6.07) is 1.94. The normalized spacial score (nSPS) is 17.2. The Bertz CT molecular complexity index is 662. The van der Waals surface area contributed by atoms with E-state index in [0.717, 1.165) is 24.5 Å². The second-order valence-corrected chi connectivity index (χ2v) is 6.97. The van der Waals surface area contributed by atoms with Crippen LogP contribution in [-0.4, -0.2) is 34.7 Å². The number of nitrogens with one attached hydrogen (secondary N) is 1. The molecule has 0 unspecified atom stereocenters. The number of amides is 2. The zero-order chi connectivity index (χ0) is 17.6. The summed E-state index contributed by atoms with van der Waals surface area (Å²) in [5.74, 6) is 1.06. The highest BCUT2D eigenvalue weighted by Gasteiger charge is 2.25. The van der Waals surface area contributed by atoms with Crippen molar-refractivity contribution in [3.63, 3.8) is 0 Å². The molecule has 2 heterocycles. The molecule has 0 saturated heterocycles. The first-order chi connectivity index (χ1) is 12.1. The number of rotatable bonds is 7. The maximum absolute atomic E-state index is 12.2. The molecule has 0 aromatic carbocycles. The van der Waals surface area contributed by atoms with Crippen LogP contribution in [0.2, 0.25) is 0 Å². The van der Waals surface area contributed by atoms with E-state index < -0.39 is 0 Å². The minimum Gasteiger partial charge on any atom is -0.356 e. The molecular formula is C19H28N4O2. The van der Waals surface area contributed by atoms with Crippen molar-refractivity contribution < 1.29 is 9.59 Å². The van der Waals surface area contributed by atoms with Crippen molar-refractivity contribution in [1.29, 1.82) is 0 Å². The predicted octanol–water partition coefficient (Wildman–Crippen LogP) is 2.72. The molecule has 6 nitrogen and oxygen atoms in total. The van der Waals surface area contributed by atoms with Crippen LogP contribution in [0.25, 0.3) is 0 Å². The van der Waals surface area contributed by atoms with E-state index in [2.05, 4.69) is 16.5 Å². The van der Waals surface area contributed by atoms with Gasteiger partial charge in [0.1, 0.15) is 5.82 Å². The molecule has 136 valence electrons. The smallest absolute Gasteiger partial charge is 0.229 e. The highest BCUT2D eigenvalue weighted by Crippen LogP contribution is 2.23. The molecule has 2 amide bonds. The summed E-state index contributed by atoms with van der Waals surface area (Å²) in [5.41, 5.74) is 2.40. The lowest BCUT2D eigenvalue weighted by Gasteiger charge is -2.27. The van der Waals surface area contributed by atoms with Gasteiger partial charge in [-0.05, 0) is 45.4 Å². The maximum Gasteiger partial charge on any atom is 0.229 e. The van der Waals surface area contributed by atoms with Crippen LogP contribution in [0.15, 0.2) is 17.7 Å². The molecular weight excluding hydrogens is 316 g/mol. The van der Waals surface area contributed by atoms with Crippen LogP contribution < -0.4 is 10.2 Å². The summed E-state index contributed by atoms with van der Waals surface area (Å²) in [7, 11) is 0. The van der Waals surface area contributed by atoms with Gasteiger partial charge in [-0.2, -0.15) is 5.10 Å². The van der Waals surface area contributed by atoms with Gasteiger partial charge in [-0.15, -0.1) is 0 Å². The fourth-order valence-electron chi connectivity index (χ4n) is 3.60. The molecule has 0 bridgehead atoms. The van der Waals surface area contributed by atoms with Crippen molar-refractivity contribution in [1.82, 2.24) is 15.1 Å². The summed E-state index contributed by atoms with van der Waals surface area (Å²) in [6.07, 6.45) is 9.83. The van der Waals surface area contributed by atoms with Gasteiger partial charge in [0.05, 0.1) is 12.2 Å². The molecule has 0 saturated carbocycles. The standard InChI is InChI=1S/C19H28N4O2/c1-15-14-18-22(19(25)10-13-23(18)21-15)12-5-8-17(24)20-11-9-16-6-3-2-4-7-16/h6,14H,2-5,7-13H2,1H3,(H,20,24). The van der Waals surface area contributed by atoms with Gasteiger partial charge >= 0.3 is 0 Å². The van der Waals surface area contributed by atoms with E-state index in [0.29, 0.717) is 32.4 Å². The molecule has 25 heavy (non-hydrogen) atoms. The molecule has 1 N–H and O–H groups in total. The Morgan fingerprint density at radius 1 is 1.32 bits per heavy atom. The lowest BCUT2D eigenvalue weighted by molar-refractivity contribution is -0.122. The van der Waals surface area contributed by atoms with Crippen LogP contribution in [0.5, 0.6) is 0 Å². The van der Waals surface area contributed by atoms with Crippen molar-refractivity contribution in [2.75, 3.05) is 18.0 Å². The average Bonchev–Trinajstić information content (AvgIpc) is 2.98. The number of carbonyl (C=O) groups excluding carboxylic acids is 2. The molecule has 0 spiro atoms. The minimum atomic E-state index is 0.0746. The van der Waals surface area contributed by atoms with Crippen molar-refractivity contribution in [2.24, 2.45) is 0 Å². The van der Waals surface area contributed by atoms with E-state index in [1.54, 1.807) is 4.90 Å². The SMILES string of the molecule is Cc1cc2n(n1)CCC(=O)N2CCCC(=O)NCCC1=CCCCC1. The number of fused-ring (bicyclic) bond motifs is 1. The zero-order valence-corrected chi connectivity index (χ0v) is 15.1. The molecule has 0 fully saturated rings. The van der Waals surface area contributed by atoms with Gasteiger partial charge in [0.25, 0.3) is 0 Å². The second kappa shape index (κ2) is 8.32. The Kier molecular flexibility index (Phi) is 5.89. The van der Waals surface area contributed by atoms with Crippen LogP contribution in [0, 0.1) is 6.92 Å². The van der Waals surface area contributed by atoms with Gasteiger partial charge in [-0.25, -0.2) is 4.68 Å². The Morgan fingerprint density at radius 2 is 2.20 bits per heavy atom. The number of allylic oxidation sites excluding steroid dienone is 1. The molecule has 2 aliphatic rings. The molecule has 0 atom stereocenters. The summed E-state index contributed by atoms with van der Waals surface area (Å²) in [5, 5.41) is 7.40. The summed E-state index contributed by atoms with van der Waals surface area (Å²) >= 11 is 0. The number of aryl methyl sites for hydroxylation is 2.